The second kappa shape index (κ2) is 5.02. The highest BCUT2D eigenvalue weighted by Gasteiger charge is 2.31. The Morgan fingerprint density at radius 1 is 1.35 bits per heavy atom. The largest absolute Gasteiger partial charge is 0.496 e. The summed E-state index contributed by atoms with van der Waals surface area (Å²) in [6.07, 6.45) is 0. The van der Waals surface area contributed by atoms with Crippen LogP contribution >= 0.6 is 0 Å². The van der Waals surface area contributed by atoms with Gasteiger partial charge in [0.25, 0.3) is 0 Å². The van der Waals surface area contributed by atoms with Crippen LogP contribution in [0.15, 0.2) is 18.2 Å². The van der Waals surface area contributed by atoms with E-state index < -0.39 is 0 Å². The molecule has 0 amide bonds. The minimum atomic E-state index is -0.330. The van der Waals surface area contributed by atoms with Crippen molar-refractivity contribution in [3.8, 4) is 5.75 Å². The summed E-state index contributed by atoms with van der Waals surface area (Å²) in [5.74, 6) is 0.319. The van der Waals surface area contributed by atoms with Crippen LogP contribution in [0, 0.1) is 5.82 Å². The van der Waals surface area contributed by atoms with Crippen LogP contribution in [0.4, 0.5) is 4.39 Å². The van der Waals surface area contributed by atoms with Gasteiger partial charge in [-0.3, -0.25) is 0 Å². The number of hydrogen-bond acceptors (Lipinski definition) is 3. The molecule has 0 aromatic heterocycles. The smallest absolute Gasteiger partial charge is 0.123 e. The Hall–Kier alpha value is -1.13. The van der Waals surface area contributed by atoms with Crippen molar-refractivity contribution in [3.63, 3.8) is 0 Å². The number of likely N-dealkylation sites (N-methyl/N-ethyl adjacent to an activating group) is 1. The minimum absolute atomic E-state index is 0.291. The molecule has 1 atom stereocenters. The van der Waals surface area contributed by atoms with Crippen molar-refractivity contribution in [2.24, 2.45) is 5.73 Å². The van der Waals surface area contributed by atoms with E-state index in [-0.39, 0.29) is 17.4 Å². The molecule has 0 bridgehead atoms. The van der Waals surface area contributed by atoms with E-state index in [9.17, 15) is 4.39 Å². The van der Waals surface area contributed by atoms with Gasteiger partial charge < -0.3 is 15.4 Å². The van der Waals surface area contributed by atoms with E-state index in [1.807, 2.05) is 32.8 Å². The van der Waals surface area contributed by atoms with E-state index in [1.165, 1.54) is 12.1 Å². The first-order valence-electron chi connectivity index (χ1n) is 5.57. The molecular weight excluding hydrogens is 219 g/mol. The predicted octanol–water partition coefficient (Wildman–Crippen LogP) is 2.17. The Balaban J connectivity index is 3.19. The zero-order chi connectivity index (χ0) is 13.2. The third kappa shape index (κ3) is 2.76. The molecule has 0 radical (unpaired) electrons. The molecule has 1 rings (SSSR count). The standard InChI is InChI=1S/C13H21FN2O/c1-13(2,16(3)4)12(15)10-8-9(14)6-7-11(10)17-5/h6-8,12H,15H2,1-5H3. The van der Waals surface area contributed by atoms with Gasteiger partial charge in [0.1, 0.15) is 11.6 Å². The summed E-state index contributed by atoms with van der Waals surface area (Å²) in [5, 5.41) is 0. The Bertz CT molecular complexity index is 391. The quantitative estimate of drug-likeness (QED) is 0.876. The topological polar surface area (TPSA) is 38.5 Å². The monoisotopic (exact) mass is 240 g/mol. The van der Waals surface area contributed by atoms with Gasteiger partial charge in [0.2, 0.25) is 0 Å². The van der Waals surface area contributed by atoms with Crippen molar-refractivity contribution in [2.75, 3.05) is 21.2 Å². The van der Waals surface area contributed by atoms with Gasteiger partial charge in [-0.2, -0.15) is 0 Å². The van der Waals surface area contributed by atoms with Crippen LogP contribution < -0.4 is 10.5 Å². The molecule has 17 heavy (non-hydrogen) atoms. The van der Waals surface area contributed by atoms with Gasteiger partial charge in [0, 0.05) is 11.1 Å². The van der Waals surface area contributed by atoms with Crippen molar-refractivity contribution in [3.05, 3.63) is 29.6 Å². The lowest BCUT2D eigenvalue weighted by Gasteiger charge is -2.38. The fourth-order valence-corrected chi connectivity index (χ4v) is 1.61. The first-order chi connectivity index (χ1) is 7.80. The van der Waals surface area contributed by atoms with Crippen molar-refractivity contribution >= 4 is 0 Å². The van der Waals surface area contributed by atoms with Gasteiger partial charge >= 0.3 is 0 Å². The van der Waals surface area contributed by atoms with Crippen LogP contribution in [0.2, 0.25) is 0 Å². The van der Waals surface area contributed by atoms with Crippen LogP contribution in [-0.2, 0) is 0 Å². The number of halogens is 1. The number of nitrogens with zero attached hydrogens (tertiary/aromatic N) is 1. The highest BCUT2D eigenvalue weighted by atomic mass is 19.1. The van der Waals surface area contributed by atoms with Gasteiger partial charge in [0.15, 0.2) is 0 Å². The zero-order valence-corrected chi connectivity index (χ0v) is 11.1. The number of ether oxygens (including phenoxy) is 1. The summed E-state index contributed by atoms with van der Waals surface area (Å²) in [6.45, 7) is 4.03. The van der Waals surface area contributed by atoms with E-state index in [0.717, 1.165) is 0 Å². The molecule has 1 aromatic rings. The number of rotatable bonds is 4. The first kappa shape index (κ1) is 13.9. The van der Waals surface area contributed by atoms with Gasteiger partial charge in [-0.05, 0) is 46.1 Å². The molecule has 4 heteroatoms. The summed E-state index contributed by atoms with van der Waals surface area (Å²) in [7, 11) is 5.46. The fourth-order valence-electron chi connectivity index (χ4n) is 1.61. The van der Waals surface area contributed by atoms with Crippen molar-refractivity contribution < 1.29 is 9.13 Å². The molecule has 1 aromatic carbocycles. The van der Waals surface area contributed by atoms with Gasteiger partial charge in [-0.1, -0.05) is 0 Å². The molecule has 96 valence electrons. The van der Waals surface area contributed by atoms with E-state index >= 15 is 0 Å². The minimum Gasteiger partial charge on any atom is -0.496 e. The van der Waals surface area contributed by atoms with E-state index in [2.05, 4.69) is 0 Å². The maximum atomic E-state index is 13.3. The van der Waals surface area contributed by atoms with Gasteiger partial charge in [-0.25, -0.2) is 4.39 Å². The van der Waals surface area contributed by atoms with Crippen molar-refractivity contribution in [1.29, 1.82) is 0 Å². The fraction of sp³-hybridized carbons (Fsp3) is 0.538. The molecule has 0 saturated carbocycles. The van der Waals surface area contributed by atoms with Crippen molar-refractivity contribution in [2.45, 2.75) is 25.4 Å². The average Bonchev–Trinajstić information content (AvgIpc) is 2.27. The normalized spacial score (nSPS) is 13.9. The summed E-state index contributed by atoms with van der Waals surface area (Å²) >= 11 is 0. The van der Waals surface area contributed by atoms with E-state index in [4.69, 9.17) is 10.5 Å². The second-order valence-electron chi connectivity index (χ2n) is 4.91. The maximum absolute atomic E-state index is 13.3. The first-order valence-corrected chi connectivity index (χ1v) is 5.57. The van der Waals surface area contributed by atoms with Gasteiger partial charge in [0.05, 0.1) is 13.2 Å². The summed E-state index contributed by atoms with van der Waals surface area (Å²) < 4.78 is 18.5. The second-order valence-corrected chi connectivity index (χ2v) is 4.91. The number of benzene rings is 1. The zero-order valence-electron chi connectivity index (χ0n) is 11.1. The molecule has 0 aliphatic rings. The van der Waals surface area contributed by atoms with Crippen LogP contribution in [0.5, 0.6) is 5.75 Å². The lowest BCUT2D eigenvalue weighted by Crippen LogP contribution is -2.47. The lowest BCUT2D eigenvalue weighted by molar-refractivity contribution is 0.157. The molecule has 0 aliphatic carbocycles. The summed E-state index contributed by atoms with van der Waals surface area (Å²) in [6, 6.07) is 4.09. The number of hydrogen-bond donors (Lipinski definition) is 1. The molecule has 0 fully saturated rings. The highest BCUT2D eigenvalue weighted by molar-refractivity contribution is 5.38. The van der Waals surface area contributed by atoms with Crippen LogP contribution in [-0.4, -0.2) is 31.6 Å². The van der Waals surface area contributed by atoms with Crippen LogP contribution in [0.1, 0.15) is 25.5 Å². The van der Waals surface area contributed by atoms with Crippen LogP contribution in [0.25, 0.3) is 0 Å². The molecule has 0 aliphatic heterocycles. The predicted molar refractivity (Wildman–Crippen MR) is 67.6 cm³/mol. The Morgan fingerprint density at radius 3 is 2.41 bits per heavy atom. The van der Waals surface area contributed by atoms with E-state index in [1.54, 1.807) is 13.2 Å². The molecule has 2 N–H and O–H groups in total. The van der Waals surface area contributed by atoms with Gasteiger partial charge in [-0.15, -0.1) is 0 Å². The lowest BCUT2D eigenvalue weighted by atomic mass is 9.87. The number of nitrogens with two attached hydrogens (primary N) is 1. The van der Waals surface area contributed by atoms with E-state index in [0.29, 0.717) is 11.3 Å². The molecule has 1 unspecified atom stereocenters. The average molecular weight is 240 g/mol. The summed E-state index contributed by atoms with van der Waals surface area (Å²) in [4.78, 5) is 2.02. The maximum Gasteiger partial charge on any atom is 0.123 e. The SMILES string of the molecule is COc1ccc(F)cc1C(N)C(C)(C)N(C)C. The molecule has 0 heterocycles. The molecule has 0 saturated heterocycles. The molecule has 3 nitrogen and oxygen atoms in total. The number of methoxy groups -OCH3 is 1. The van der Waals surface area contributed by atoms with Crippen LogP contribution in [0.3, 0.4) is 0 Å². The van der Waals surface area contributed by atoms with Crippen molar-refractivity contribution in [1.82, 2.24) is 4.90 Å². The Labute approximate surface area is 102 Å². The third-order valence-electron chi connectivity index (χ3n) is 3.44. The molecular formula is C13H21FN2O. The molecule has 0 spiro atoms. The Kier molecular flexibility index (Phi) is 4.11. The third-order valence-corrected chi connectivity index (χ3v) is 3.44. The summed E-state index contributed by atoms with van der Waals surface area (Å²) in [5.41, 5.74) is 6.63. The Morgan fingerprint density at radius 2 is 1.94 bits per heavy atom. The highest BCUT2D eigenvalue weighted by Crippen LogP contribution is 2.33.